The van der Waals surface area contributed by atoms with Crippen LogP contribution in [0.1, 0.15) is 79.6 Å². The summed E-state index contributed by atoms with van der Waals surface area (Å²) in [6.45, 7) is 18.3. The second-order valence-electron chi connectivity index (χ2n) is 9.62. The number of likely N-dealkylation sites (tertiary alicyclic amines) is 1. The highest BCUT2D eigenvalue weighted by molar-refractivity contribution is 5.16. The maximum absolute atomic E-state index is 3.74. The van der Waals surface area contributed by atoms with Crippen LogP contribution in [0, 0.1) is 17.3 Å². The van der Waals surface area contributed by atoms with Gasteiger partial charge in [-0.2, -0.15) is 0 Å². The van der Waals surface area contributed by atoms with Crippen LogP contribution in [-0.2, 0) is 0 Å². The minimum atomic E-state index is 0.292. The van der Waals surface area contributed by atoms with Crippen molar-refractivity contribution in [1.82, 2.24) is 4.90 Å². The molecule has 1 saturated carbocycles. The van der Waals surface area contributed by atoms with Crippen LogP contribution in [0.15, 0.2) is 36.5 Å². The molecule has 1 aliphatic heterocycles. The molecule has 1 heteroatoms. The van der Waals surface area contributed by atoms with E-state index in [-0.39, 0.29) is 0 Å². The summed E-state index contributed by atoms with van der Waals surface area (Å²) in [4.78, 5) is 2.78. The molecule has 0 radical (unpaired) electrons. The van der Waals surface area contributed by atoms with Gasteiger partial charge in [0.25, 0.3) is 0 Å². The van der Waals surface area contributed by atoms with Gasteiger partial charge in [0.05, 0.1) is 0 Å². The molecular formula is C24H41N. The highest BCUT2D eigenvalue weighted by atomic mass is 15.2. The molecule has 0 bridgehead atoms. The molecule has 2 aliphatic rings. The average molecular weight is 344 g/mol. The number of hydrogen-bond donors (Lipinski definition) is 0. The third-order valence-electron chi connectivity index (χ3n) is 7.20. The zero-order chi connectivity index (χ0) is 18.5. The maximum atomic E-state index is 3.74. The van der Waals surface area contributed by atoms with Gasteiger partial charge in [0.15, 0.2) is 0 Å². The first-order chi connectivity index (χ1) is 11.8. The second kappa shape index (κ2) is 8.71. The fraction of sp³-hybridized carbons (Fsp3) is 0.750. The Bertz CT molecular complexity index is 478. The smallest absolute Gasteiger partial charge is 0.0158 e. The van der Waals surface area contributed by atoms with Crippen LogP contribution in [0.2, 0.25) is 0 Å². The van der Waals surface area contributed by atoms with Gasteiger partial charge in [-0.05, 0) is 83.2 Å². The molecule has 1 nitrogen and oxygen atoms in total. The van der Waals surface area contributed by atoms with E-state index in [9.17, 15) is 0 Å². The normalized spacial score (nSPS) is 24.8. The first-order valence-electron chi connectivity index (χ1n) is 10.5. The minimum Gasteiger partial charge on any atom is -0.298 e. The third kappa shape index (κ3) is 5.58. The lowest BCUT2D eigenvalue weighted by Gasteiger charge is -2.50. The van der Waals surface area contributed by atoms with Crippen molar-refractivity contribution in [1.29, 1.82) is 0 Å². The Morgan fingerprint density at radius 3 is 2.32 bits per heavy atom. The topological polar surface area (TPSA) is 3.24 Å². The molecule has 1 saturated heterocycles. The van der Waals surface area contributed by atoms with Crippen molar-refractivity contribution in [2.24, 2.45) is 17.3 Å². The Balaban J connectivity index is 1.89. The van der Waals surface area contributed by atoms with Crippen molar-refractivity contribution in [2.45, 2.75) is 85.1 Å². The van der Waals surface area contributed by atoms with Gasteiger partial charge in [-0.25, -0.2) is 0 Å². The van der Waals surface area contributed by atoms with E-state index in [1.807, 2.05) is 12.2 Å². The predicted molar refractivity (Wildman–Crippen MR) is 112 cm³/mol. The Morgan fingerprint density at radius 1 is 1.16 bits per heavy atom. The zero-order valence-corrected chi connectivity index (χ0v) is 17.5. The molecule has 0 aromatic rings. The number of nitrogens with zero attached hydrogens (tertiary/aromatic N) is 1. The van der Waals surface area contributed by atoms with E-state index in [0.29, 0.717) is 16.9 Å². The van der Waals surface area contributed by atoms with Gasteiger partial charge in [-0.3, -0.25) is 4.90 Å². The number of hydrogen-bond acceptors (Lipinski definition) is 1. The van der Waals surface area contributed by atoms with E-state index in [4.69, 9.17) is 0 Å². The van der Waals surface area contributed by atoms with Crippen LogP contribution in [0.4, 0.5) is 0 Å². The van der Waals surface area contributed by atoms with Crippen LogP contribution in [-0.4, -0.2) is 23.5 Å². The van der Waals surface area contributed by atoms with Gasteiger partial charge in [-0.1, -0.05) is 63.1 Å². The molecule has 25 heavy (non-hydrogen) atoms. The Kier molecular flexibility index (Phi) is 7.14. The van der Waals surface area contributed by atoms with Crippen molar-refractivity contribution >= 4 is 0 Å². The maximum Gasteiger partial charge on any atom is 0.0158 e. The van der Waals surface area contributed by atoms with E-state index in [1.165, 1.54) is 63.6 Å². The van der Waals surface area contributed by atoms with Crippen molar-refractivity contribution in [3.8, 4) is 0 Å². The van der Waals surface area contributed by atoms with Crippen molar-refractivity contribution in [3.63, 3.8) is 0 Å². The summed E-state index contributed by atoms with van der Waals surface area (Å²) >= 11 is 0. The van der Waals surface area contributed by atoms with Gasteiger partial charge in [-0.15, -0.1) is 0 Å². The predicted octanol–water partition coefficient (Wildman–Crippen LogP) is 6.77. The highest BCUT2D eigenvalue weighted by Gasteiger charge is 2.40. The molecule has 1 atom stereocenters. The summed E-state index contributed by atoms with van der Waals surface area (Å²) in [5.41, 5.74) is 2.46. The summed E-state index contributed by atoms with van der Waals surface area (Å²) < 4.78 is 0. The molecular weight excluding hydrogens is 302 g/mol. The van der Waals surface area contributed by atoms with Gasteiger partial charge >= 0.3 is 0 Å². The van der Waals surface area contributed by atoms with Crippen molar-refractivity contribution in [2.75, 3.05) is 13.1 Å². The van der Waals surface area contributed by atoms with Crippen LogP contribution in [0.25, 0.3) is 0 Å². The standard InChI is InChI=1S/C24H41N/c1-7-8-9-10-21(3)22(4)19-23(5,6)25-17-15-24(16-18-25)13-11-20(2)12-14-24/h7-10,20,22H,1,11-19H2,2-6H3. The lowest BCUT2D eigenvalue weighted by atomic mass is 9.65. The van der Waals surface area contributed by atoms with Gasteiger partial charge in [0.1, 0.15) is 0 Å². The molecule has 0 aromatic heterocycles. The van der Waals surface area contributed by atoms with Gasteiger partial charge in [0.2, 0.25) is 0 Å². The van der Waals surface area contributed by atoms with Crippen LogP contribution >= 0.6 is 0 Å². The molecule has 2 fully saturated rings. The van der Waals surface area contributed by atoms with Crippen LogP contribution in [0.5, 0.6) is 0 Å². The second-order valence-corrected chi connectivity index (χ2v) is 9.62. The lowest BCUT2D eigenvalue weighted by Crippen LogP contribution is -2.51. The molecule has 1 unspecified atom stereocenters. The van der Waals surface area contributed by atoms with Crippen LogP contribution < -0.4 is 0 Å². The summed E-state index contributed by atoms with van der Waals surface area (Å²) in [5, 5.41) is 0. The first kappa shape index (κ1) is 20.5. The van der Waals surface area contributed by atoms with E-state index < -0.39 is 0 Å². The Labute approximate surface area is 157 Å². The van der Waals surface area contributed by atoms with E-state index in [0.717, 1.165) is 5.92 Å². The van der Waals surface area contributed by atoms with Gasteiger partial charge < -0.3 is 0 Å². The summed E-state index contributed by atoms with van der Waals surface area (Å²) in [6, 6.07) is 0. The van der Waals surface area contributed by atoms with E-state index >= 15 is 0 Å². The lowest BCUT2D eigenvalue weighted by molar-refractivity contribution is 0.00183. The first-order valence-corrected chi connectivity index (χ1v) is 10.5. The number of allylic oxidation sites excluding steroid dienone is 5. The molecule has 142 valence electrons. The van der Waals surface area contributed by atoms with Gasteiger partial charge in [0, 0.05) is 5.54 Å². The van der Waals surface area contributed by atoms with Crippen molar-refractivity contribution < 1.29 is 0 Å². The summed E-state index contributed by atoms with van der Waals surface area (Å²) in [5.74, 6) is 1.58. The molecule has 1 spiro atoms. The molecule has 1 heterocycles. The molecule has 1 aliphatic carbocycles. The van der Waals surface area contributed by atoms with Crippen LogP contribution in [0.3, 0.4) is 0 Å². The van der Waals surface area contributed by atoms with E-state index in [1.54, 1.807) is 0 Å². The molecule has 0 amide bonds. The largest absolute Gasteiger partial charge is 0.298 e. The highest BCUT2D eigenvalue weighted by Crippen LogP contribution is 2.47. The Hall–Kier alpha value is -0.820. The number of rotatable bonds is 6. The quantitative estimate of drug-likeness (QED) is 0.481. The van der Waals surface area contributed by atoms with E-state index in [2.05, 4.69) is 58.2 Å². The number of piperidine rings is 1. The molecule has 2 rings (SSSR count). The van der Waals surface area contributed by atoms with Crippen molar-refractivity contribution in [3.05, 3.63) is 36.5 Å². The fourth-order valence-electron chi connectivity index (χ4n) is 4.95. The Morgan fingerprint density at radius 2 is 1.76 bits per heavy atom. The summed E-state index contributed by atoms with van der Waals surface area (Å²) in [7, 11) is 0. The third-order valence-corrected chi connectivity index (χ3v) is 7.20. The summed E-state index contributed by atoms with van der Waals surface area (Å²) in [6.07, 6.45) is 18.2. The molecule has 0 aromatic carbocycles. The zero-order valence-electron chi connectivity index (χ0n) is 17.5. The SMILES string of the molecule is C=CC=CC=C(C)C(C)CC(C)(C)N1CCC2(CCC(C)CC2)CC1. The molecule has 0 N–H and O–H groups in total. The monoisotopic (exact) mass is 343 g/mol. The average Bonchev–Trinajstić information content (AvgIpc) is 2.58. The minimum absolute atomic E-state index is 0.292. The fourth-order valence-corrected chi connectivity index (χ4v) is 4.95.